The van der Waals surface area contributed by atoms with Crippen LogP contribution >= 0.6 is 0 Å². The van der Waals surface area contributed by atoms with Crippen LogP contribution < -0.4 is 25.0 Å². The minimum absolute atomic E-state index is 0.0738. The maximum absolute atomic E-state index is 12.8. The van der Waals surface area contributed by atoms with Crippen LogP contribution in [-0.2, 0) is 22.6 Å². The molecule has 1 heterocycles. The van der Waals surface area contributed by atoms with E-state index in [4.69, 9.17) is 18.9 Å². The average Bonchev–Trinajstić information content (AvgIpc) is 3.40. The molecule has 0 aliphatic heterocycles. The molecule has 35 heavy (non-hydrogen) atoms. The first-order valence-electron chi connectivity index (χ1n) is 10.6. The molecule has 11 nitrogen and oxygen atoms in total. The van der Waals surface area contributed by atoms with Crippen LogP contribution in [0.4, 0.5) is 4.79 Å². The summed E-state index contributed by atoms with van der Waals surface area (Å²) in [4.78, 5) is 32.0. The van der Waals surface area contributed by atoms with Gasteiger partial charge in [0.1, 0.15) is 12.6 Å². The van der Waals surface area contributed by atoms with E-state index in [1.165, 1.54) is 33.9 Å². The number of benzene rings is 2. The topological polar surface area (TPSA) is 136 Å². The third kappa shape index (κ3) is 7.22. The number of alkyl carbamates (subject to hydrolysis) is 1. The van der Waals surface area contributed by atoms with Crippen molar-refractivity contribution in [2.24, 2.45) is 5.10 Å². The van der Waals surface area contributed by atoms with E-state index in [9.17, 15) is 9.59 Å². The van der Waals surface area contributed by atoms with Gasteiger partial charge in [-0.05, 0) is 17.7 Å². The second-order valence-corrected chi connectivity index (χ2v) is 7.23. The first kappa shape index (κ1) is 25.1. The molecule has 1 atom stereocenters. The Bertz CT molecular complexity index is 1110. The fourth-order valence-corrected chi connectivity index (χ4v) is 3.16. The highest BCUT2D eigenvalue weighted by Gasteiger charge is 2.22. The molecule has 2 aromatic carbocycles. The van der Waals surface area contributed by atoms with Gasteiger partial charge >= 0.3 is 6.09 Å². The molecule has 0 saturated heterocycles. The summed E-state index contributed by atoms with van der Waals surface area (Å²) in [5, 5.41) is 6.58. The minimum Gasteiger partial charge on any atom is -0.493 e. The van der Waals surface area contributed by atoms with Gasteiger partial charge in [-0.2, -0.15) is 5.10 Å². The molecule has 11 heteroatoms. The SMILES string of the molecule is COc1cc(/C=N\NC(=O)[C@@H](Cc2cnc[nH]2)NC(=O)OCc2ccccc2)cc(OC)c1OC. The van der Waals surface area contributed by atoms with E-state index in [1.54, 1.807) is 18.3 Å². The molecular formula is C24H27N5O6. The van der Waals surface area contributed by atoms with E-state index in [2.05, 4.69) is 25.8 Å². The van der Waals surface area contributed by atoms with Gasteiger partial charge < -0.3 is 29.2 Å². The second kappa shape index (κ2) is 12.6. The molecule has 3 N–H and O–H groups in total. The first-order valence-corrected chi connectivity index (χ1v) is 10.6. The van der Waals surface area contributed by atoms with E-state index >= 15 is 0 Å². The molecule has 0 radical (unpaired) electrons. The summed E-state index contributed by atoms with van der Waals surface area (Å²) in [5.41, 5.74) is 4.52. The number of nitrogens with one attached hydrogen (secondary N) is 3. The fraction of sp³-hybridized carbons (Fsp3) is 0.250. The Morgan fingerprint density at radius 2 is 1.80 bits per heavy atom. The summed E-state index contributed by atoms with van der Waals surface area (Å²) >= 11 is 0. The Hall–Kier alpha value is -4.54. The highest BCUT2D eigenvalue weighted by molar-refractivity contribution is 5.88. The number of hydrazone groups is 1. The quantitative estimate of drug-likeness (QED) is 0.283. The molecule has 0 spiro atoms. The van der Waals surface area contributed by atoms with Gasteiger partial charge in [0.25, 0.3) is 5.91 Å². The Labute approximate surface area is 202 Å². The number of nitrogens with zero attached hydrogens (tertiary/aromatic N) is 2. The summed E-state index contributed by atoms with van der Waals surface area (Å²) < 4.78 is 21.2. The monoisotopic (exact) mass is 481 g/mol. The molecule has 184 valence electrons. The van der Waals surface area contributed by atoms with Crippen molar-refractivity contribution in [3.8, 4) is 17.2 Å². The highest BCUT2D eigenvalue weighted by atomic mass is 16.5. The van der Waals surface area contributed by atoms with Gasteiger partial charge in [0.2, 0.25) is 5.75 Å². The maximum atomic E-state index is 12.8. The minimum atomic E-state index is -0.962. The van der Waals surface area contributed by atoms with Gasteiger partial charge in [-0.15, -0.1) is 0 Å². The first-order chi connectivity index (χ1) is 17.0. The van der Waals surface area contributed by atoms with Crippen molar-refractivity contribution in [2.75, 3.05) is 21.3 Å². The number of amides is 2. The van der Waals surface area contributed by atoms with Gasteiger partial charge in [-0.3, -0.25) is 4.79 Å². The number of carbonyl (C=O) groups is 2. The number of H-pyrrole nitrogens is 1. The van der Waals surface area contributed by atoms with Crippen LogP contribution in [0.2, 0.25) is 0 Å². The van der Waals surface area contributed by atoms with Crippen LogP contribution in [0, 0.1) is 0 Å². The van der Waals surface area contributed by atoms with E-state index in [0.717, 1.165) is 5.56 Å². The zero-order valence-electron chi connectivity index (χ0n) is 19.6. The summed E-state index contributed by atoms with van der Waals surface area (Å²) in [6.45, 7) is 0.0738. The predicted octanol–water partition coefficient (Wildman–Crippen LogP) is 2.42. The van der Waals surface area contributed by atoms with Crippen LogP contribution in [0.1, 0.15) is 16.8 Å². The molecule has 0 fully saturated rings. The zero-order valence-corrected chi connectivity index (χ0v) is 19.6. The number of hydrogen-bond acceptors (Lipinski definition) is 8. The molecule has 3 aromatic rings. The number of aromatic nitrogens is 2. The van der Waals surface area contributed by atoms with Crippen LogP contribution in [0.25, 0.3) is 0 Å². The lowest BCUT2D eigenvalue weighted by atomic mass is 10.1. The number of methoxy groups -OCH3 is 3. The largest absolute Gasteiger partial charge is 0.493 e. The number of hydrogen-bond donors (Lipinski definition) is 3. The van der Waals surface area contributed by atoms with E-state index in [0.29, 0.717) is 28.5 Å². The summed E-state index contributed by atoms with van der Waals surface area (Å²) in [6, 6.07) is 11.6. The Morgan fingerprint density at radius 3 is 2.40 bits per heavy atom. The Morgan fingerprint density at radius 1 is 1.09 bits per heavy atom. The second-order valence-electron chi connectivity index (χ2n) is 7.23. The van der Waals surface area contributed by atoms with Gasteiger partial charge in [-0.1, -0.05) is 30.3 Å². The number of rotatable bonds is 11. The Kier molecular flexibility index (Phi) is 9.06. The van der Waals surface area contributed by atoms with E-state index < -0.39 is 18.0 Å². The number of carbonyl (C=O) groups excluding carboxylic acids is 2. The van der Waals surface area contributed by atoms with Crippen molar-refractivity contribution in [1.82, 2.24) is 20.7 Å². The van der Waals surface area contributed by atoms with Crippen molar-refractivity contribution in [3.05, 3.63) is 71.8 Å². The van der Waals surface area contributed by atoms with E-state index in [-0.39, 0.29) is 13.0 Å². The smallest absolute Gasteiger partial charge is 0.408 e. The molecule has 0 aliphatic rings. The molecule has 0 unspecified atom stereocenters. The molecule has 3 rings (SSSR count). The number of imidazole rings is 1. The molecular weight excluding hydrogens is 454 g/mol. The lowest BCUT2D eigenvalue weighted by Gasteiger charge is -2.16. The maximum Gasteiger partial charge on any atom is 0.408 e. The lowest BCUT2D eigenvalue weighted by Crippen LogP contribution is -2.47. The van der Waals surface area contributed by atoms with Crippen LogP contribution in [0.15, 0.2) is 60.1 Å². The van der Waals surface area contributed by atoms with Crippen LogP contribution in [-0.4, -0.2) is 55.6 Å². The van der Waals surface area contributed by atoms with Gasteiger partial charge in [0, 0.05) is 23.9 Å². The van der Waals surface area contributed by atoms with Crippen molar-refractivity contribution >= 4 is 18.2 Å². The van der Waals surface area contributed by atoms with Crippen molar-refractivity contribution < 1.29 is 28.5 Å². The third-order valence-corrected chi connectivity index (χ3v) is 4.88. The normalized spacial score (nSPS) is 11.5. The standard InChI is InChI=1S/C24H27N5O6/c1-32-20-9-17(10-21(33-2)22(20)34-3)12-27-29-23(30)19(11-18-13-25-15-26-18)28-24(31)35-14-16-7-5-4-6-8-16/h4-10,12-13,15,19H,11,14H2,1-3H3,(H,25,26)(H,28,31)(H,29,30)/b27-12-/t19-/m1/s1. The van der Waals surface area contributed by atoms with Crippen molar-refractivity contribution in [1.29, 1.82) is 0 Å². The van der Waals surface area contributed by atoms with Gasteiger partial charge in [-0.25, -0.2) is 15.2 Å². The highest BCUT2D eigenvalue weighted by Crippen LogP contribution is 2.37. The van der Waals surface area contributed by atoms with Crippen molar-refractivity contribution in [2.45, 2.75) is 19.1 Å². The zero-order chi connectivity index (χ0) is 25.0. The summed E-state index contributed by atoms with van der Waals surface area (Å²) in [5.74, 6) is 0.785. The number of ether oxygens (including phenoxy) is 4. The third-order valence-electron chi connectivity index (χ3n) is 4.88. The van der Waals surface area contributed by atoms with Gasteiger partial charge in [0.05, 0.1) is 33.9 Å². The summed E-state index contributed by atoms with van der Waals surface area (Å²) in [6.07, 6.45) is 3.90. The molecule has 2 amide bonds. The van der Waals surface area contributed by atoms with Crippen molar-refractivity contribution in [3.63, 3.8) is 0 Å². The summed E-state index contributed by atoms with van der Waals surface area (Å²) in [7, 11) is 4.51. The molecule has 0 saturated carbocycles. The number of aromatic amines is 1. The molecule has 0 aliphatic carbocycles. The lowest BCUT2D eigenvalue weighted by molar-refractivity contribution is -0.123. The van der Waals surface area contributed by atoms with E-state index in [1.807, 2.05) is 30.3 Å². The fourth-order valence-electron chi connectivity index (χ4n) is 3.16. The molecule has 1 aromatic heterocycles. The van der Waals surface area contributed by atoms with Gasteiger partial charge in [0.15, 0.2) is 11.5 Å². The Balaban J connectivity index is 1.66. The predicted molar refractivity (Wildman–Crippen MR) is 128 cm³/mol. The van der Waals surface area contributed by atoms with Crippen LogP contribution in [0.5, 0.6) is 17.2 Å². The molecule has 0 bridgehead atoms. The average molecular weight is 482 g/mol. The van der Waals surface area contributed by atoms with Crippen LogP contribution in [0.3, 0.4) is 0 Å².